The van der Waals surface area contributed by atoms with Crippen LogP contribution in [0.2, 0.25) is 0 Å². The van der Waals surface area contributed by atoms with Crippen LogP contribution < -0.4 is 15.8 Å². The number of hydrogen-bond acceptors (Lipinski definition) is 6. The molecule has 0 aromatic heterocycles. The Bertz CT molecular complexity index is 903. The number of anilines is 1. The first-order valence-corrected chi connectivity index (χ1v) is 10.2. The van der Waals surface area contributed by atoms with Gasteiger partial charge in [-0.3, -0.25) is 9.69 Å². The highest BCUT2D eigenvalue weighted by Gasteiger charge is 2.28. The number of amides is 1. The Morgan fingerprint density at radius 1 is 1.58 bits per heavy atom. The van der Waals surface area contributed by atoms with E-state index in [0.29, 0.717) is 13.0 Å². The molecule has 1 aromatic rings. The van der Waals surface area contributed by atoms with Crippen LogP contribution in [0.1, 0.15) is 49.4 Å². The lowest BCUT2D eigenvalue weighted by molar-refractivity contribution is 0.0932. The molecule has 0 bridgehead atoms. The lowest BCUT2D eigenvalue weighted by Crippen LogP contribution is -2.43. The minimum absolute atomic E-state index is 0.00475. The Hall–Kier alpha value is -1.80. The molecule has 0 saturated carbocycles. The van der Waals surface area contributed by atoms with Gasteiger partial charge in [0.2, 0.25) is 0 Å². The average Bonchev–Trinajstić information content (AvgIpc) is 3.14. The summed E-state index contributed by atoms with van der Waals surface area (Å²) in [6.07, 6.45) is 1.36. The minimum Gasteiger partial charge on any atom is -0.496 e. The summed E-state index contributed by atoms with van der Waals surface area (Å²) in [5, 5.41) is 2.72. The van der Waals surface area contributed by atoms with Gasteiger partial charge in [0.15, 0.2) is 9.84 Å². The van der Waals surface area contributed by atoms with Crippen molar-refractivity contribution < 1.29 is 23.4 Å². The van der Waals surface area contributed by atoms with E-state index in [4.69, 9.17) is 16.0 Å². The van der Waals surface area contributed by atoms with Crippen molar-refractivity contribution in [2.75, 3.05) is 31.7 Å². The van der Waals surface area contributed by atoms with E-state index in [2.05, 4.69) is 5.32 Å². The first kappa shape index (κ1) is 15.3. The molecule has 1 aliphatic rings. The van der Waals surface area contributed by atoms with Crippen LogP contribution in [0.25, 0.3) is 0 Å². The molecular weight excluding hydrogens is 354 g/mol. The number of hydrogen-bond donors (Lipinski definition) is 2. The van der Waals surface area contributed by atoms with Crippen LogP contribution in [0, 0.1) is 0 Å². The van der Waals surface area contributed by atoms with Gasteiger partial charge in [0, 0.05) is 30.2 Å². The van der Waals surface area contributed by atoms with E-state index >= 15 is 0 Å². The number of likely N-dealkylation sites (tertiary alicyclic amines) is 1. The maximum atomic E-state index is 12.8. The molecular formula is C18H29N3O4S. The fraction of sp³-hybridized carbons (Fsp3) is 0.611. The smallest absolute Gasteiger partial charge is 0.255 e. The van der Waals surface area contributed by atoms with Gasteiger partial charge in [-0.1, -0.05) is 6.92 Å². The zero-order valence-corrected chi connectivity index (χ0v) is 16.1. The van der Waals surface area contributed by atoms with Crippen LogP contribution in [0.5, 0.6) is 5.75 Å². The molecule has 0 aliphatic carbocycles. The molecule has 8 heteroatoms. The Labute approximate surface area is 161 Å². The summed E-state index contributed by atoms with van der Waals surface area (Å²) >= 11 is 0. The molecule has 1 fully saturated rings. The first-order valence-electron chi connectivity index (χ1n) is 10.5. The molecule has 2 rings (SSSR count). The lowest BCUT2D eigenvalue weighted by atomic mass is 10.1. The van der Waals surface area contributed by atoms with Crippen LogP contribution in [-0.2, 0) is 9.84 Å². The van der Waals surface area contributed by atoms with Crippen molar-refractivity contribution in [2.24, 2.45) is 0 Å². The molecule has 0 radical (unpaired) electrons. The molecule has 146 valence electrons. The number of nitrogens with two attached hydrogens (primary N) is 1. The van der Waals surface area contributed by atoms with Gasteiger partial charge >= 0.3 is 0 Å². The molecule has 1 aliphatic heterocycles. The summed E-state index contributed by atoms with van der Waals surface area (Å²) in [6, 6.07) is 0.399. The number of benzene rings is 1. The predicted molar refractivity (Wildman–Crippen MR) is 102 cm³/mol. The molecule has 0 spiro atoms. The van der Waals surface area contributed by atoms with Crippen LogP contribution in [0.3, 0.4) is 0 Å². The second-order valence-electron chi connectivity index (χ2n) is 6.28. The molecule has 1 saturated heterocycles. The average molecular weight is 388 g/mol. The molecule has 7 nitrogen and oxygen atoms in total. The summed E-state index contributed by atoms with van der Waals surface area (Å²) in [7, 11) is -2.29. The van der Waals surface area contributed by atoms with E-state index in [1.54, 1.807) is 4.90 Å². The van der Waals surface area contributed by atoms with E-state index in [0.717, 1.165) is 6.42 Å². The summed E-state index contributed by atoms with van der Waals surface area (Å²) in [5.41, 5.74) is 5.85. The van der Waals surface area contributed by atoms with Crippen molar-refractivity contribution in [3.05, 3.63) is 17.7 Å². The Balaban J connectivity index is 2.25. The third-order valence-electron chi connectivity index (χ3n) is 4.60. The SMILES string of the molecule is [2H]C([2H])([2H])C([2H])(C)N1CCCC1CNC(=O)c1cc(S(=O)(=O)CC)c(N)cc1OC. The highest BCUT2D eigenvalue weighted by molar-refractivity contribution is 7.91. The van der Waals surface area contributed by atoms with E-state index < -0.39 is 28.6 Å². The number of sulfone groups is 1. The van der Waals surface area contributed by atoms with Gasteiger partial charge in [0.25, 0.3) is 5.91 Å². The second-order valence-corrected chi connectivity index (χ2v) is 8.53. The van der Waals surface area contributed by atoms with E-state index in [1.807, 2.05) is 0 Å². The maximum absolute atomic E-state index is 12.8. The molecule has 1 aromatic carbocycles. The first-order chi connectivity index (χ1) is 13.8. The fourth-order valence-corrected chi connectivity index (χ4v) is 4.17. The van der Waals surface area contributed by atoms with Gasteiger partial charge < -0.3 is 15.8 Å². The Morgan fingerprint density at radius 3 is 2.92 bits per heavy atom. The monoisotopic (exact) mass is 387 g/mol. The minimum atomic E-state index is -3.64. The van der Waals surface area contributed by atoms with Crippen LogP contribution >= 0.6 is 0 Å². The van der Waals surface area contributed by atoms with Crippen molar-refractivity contribution in [2.45, 2.75) is 50.5 Å². The van der Waals surface area contributed by atoms with Gasteiger partial charge in [-0.05, 0) is 39.2 Å². The fourth-order valence-electron chi connectivity index (χ4n) is 3.14. The summed E-state index contributed by atoms with van der Waals surface area (Å²) in [6.45, 7) is 0.903. The van der Waals surface area contributed by atoms with Crippen molar-refractivity contribution in [1.82, 2.24) is 10.2 Å². The summed E-state index contributed by atoms with van der Waals surface area (Å²) in [5.74, 6) is -0.596. The number of carbonyl (C=O) groups is 1. The van der Waals surface area contributed by atoms with Gasteiger partial charge in [0.1, 0.15) is 5.75 Å². The lowest BCUT2D eigenvalue weighted by Gasteiger charge is -2.28. The molecule has 1 heterocycles. The number of nitrogens with zero attached hydrogens (tertiary/aromatic N) is 1. The Kier molecular flexibility index (Phi) is 4.85. The number of ether oxygens (including phenoxy) is 1. The molecule has 2 atom stereocenters. The Morgan fingerprint density at radius 2 is 2.31 bits per heavy atom. The molecule has 2 unspecified atom stereocenters. The topological polar surface area (TPSA) is 102 Å². The van der Waals surface area contributed by atoms with Gasteiger partial charge in [-0.15, -0.1) is 0 Å². The van der Waals surface area contributed by atoms with Crippen LogP contribution in [0.4, 0.5) is 5.69 Å². The van der Waals surface area contributed by atoms with Crippen molar-refractivity contribution >= 4 is 21.4 Å². The quantitative estimate of drug-likeness (QED) is 0.690. The standard InChI is InChI=1S/C18H29N3O4S/c1-5-26(23,24)17-9-14(16(25-4)10-15(17)19)18(22)20-11-13-7-6-8-21(13)12(2)3/h9-10,12-13H,5-8,11,19H2,1-4H3,(H,20,22)/i2D3,12D. The molecule has 3 N–H and O–H groups in total. The molecule has 1 amide bonds. The van der Waals surface area contributed by atoms with E-state index in [9.17, 15) is 13.2 Å². The highest BCUT2D eigenvalue weighted by atomic mass is 32.2. The van der Waals surface area contributed by atoms with Gasteiger partial charge in [0.05, 0.1) is 29.0 Å². The largest absolute Gasteiger partial charge is 0.496 e. The van der Waals surface area contributed by atoms with Crippen LogP contribution in [0.15, 0.2) is 17.0 Å². The normalized spacial score (nSPS) is 23.3. The predicted octanol–water partition coefficient (Wildman–Crippen LogP) is 1.67. The summed E-state index contributed by atoms with van der Waals surface area (Å²) in [4.78, 5) is 14.2. The number of carbonyl (C=O) groups excluding carboxylic acids is 1. The maximum Gasteiger partial charge on any atom is 0.255 e. The third kappa shape index (κ3) is 4.29. The highest BCUT2D eigenvalue weighted by Crippen LogP contribution is 2.29. The zero-order valence-electron chi connectivity index (χ0n) is 19.3. The van der Waals surface area contributed by atoms with Crippen molar-refractivity contribution in [1.29, 1.82) is 0 Å². The van der Waals surface area contributed by atoms with Gasteiger partial charge in [-0.25, -0.2) is 8.42 Å². The zero-order chi connectivity index (χ0) is 22.9. The summed E-state index contributed by atoms with van der Waals surface area (Å²) < 4.78 is 61.0. The third-order valence-corrected chi connectivity index (χ3v) is 6.38. The number of nitrogen functional groups attached to an aromatic ring is 1. The van der Waals surface area contributed by atoms with Crippen molar-refractivity contribution in [3.63, 3.8) is 0 Å². The van der Waals surface area contributed by atoms with Crippen LogP contribution in [-0.4, -0.2) is 57.2 Å². The van der Waals surface area contributed by atoms with E-state index in [1.165, 1.54) is 33.1 Å². The molecule has 26 heavy (non-hydrogen) atoms. The second kappa shape index (κ2) is 8.26. The number of methoxy groups -OCH3 is 1. The van der Waals surface area contributed by atoms with Gasteiger partial charge in [-0.2, -0.15) is 0 Å². The number of nitrogens with one attached hydrogen (secondary N) is 1. The van der Waals surface area contributed by atoms with E-state index in [-0.39, 0.29) is 40.2 Å². The van der Waals surface area contributed by atoms with Crippen molar-refractivity contribution in [3.8, 4) is 5.75 Å². The number of rotatable bonds is 7.